The van der Waals surface area contributed by atoms with Crippen molar-refractivity contribution < 1.29 is 19.8 Å². The fourth-order valence-electron chi connectivity index (χ4n) is 8.39. The summed E-state index contributed by atoms with van der Waals surface area (Å²) in [7, 11) is 0. The van der Waals surface area contributed by atoms with Crippen LogP contribution in [0, 0.1) is 5.41 Å². The highest BCUT2D eigenvalue weighted by molar-refractivity contribution is 6.06. The number of carbonyl (C=O) groups excluding carboxylic acids is 2. The van der Waals surface area contributed by atoms with E-state index in [-0.39, 0.29) is 11.8 Å². The number of amides is 2. The molecule has 0 radical (unpaired) electrons. The van der Waals surface area contributed by atoms with Gasteiger partial charge in [-0.1, -0.05) is 170 Å². The van der Waals surface area contributed by atoms with Crippen LogP contribution in [0.2, 0.25) is 0 Å². The highest BCUT2D eigenvalue weighted by atomic mass is 16.3. The minimum Gasteiger partial charge on any atom is -0.387 e. The molecule has 0 heterocycles. The lowest BCUT2D eigenvalue weighted by Crippen LogP contribution is -2.60. The van der Waals surface area contributed by atoms with Crippen LogP contribution in [0.3, 0.4) is 0 Å². The number of aliphatic hydroxyl groups is 2. The van der Waals surface area contributed by atoms with E-state index in [0.717, 1.165) is 90.5 Å². The smallest absolute Gasteiger partial charge is 0.236 e. The standard InChI is InChI=1S/C46H62N2O4/c1-5-9-30-45(51,31-10-6-2)40(38-26-17-22-34-20-13-15-24-36(34)38)47-42(49)44(28-19-29-44)43(50)48-41(46(52,32-11-7-3)33-12-8-4)39-27-18-23-35-21-14-16-25-37(35)39/h13-18,20-27,40-41,51-52H,5-12,19,28-33H2,1-4H3,(H,47,49)(H,48,50)/t40-,41-/m0/s1. The first-order valence-electron chi connectivity index (χ1n) is 20.2. The van der Waals surface area contributed by atoms with Crippen molar-refractivity contribution in [3.63, 3.8) is 0 Å². The van der Waals surface area contributed by atoms with Crippen molar-refractivity contribution in [1.29, 1.82) is 0 Å². The molecule has 5 rings (SSSR count). The lowest BCUT2D eigenvalue weighted by atomic mass is 9.66. The molecule has 0 aliphatic heterocycles. The maximum Gasteiger partial charge on any atom is 0.236 e. The summed E-state index contributed by atoms with van der Waals surface area (Å²) < 4.78 is 0. The van der Waals surface area contributed by atoms with Gasteiger partial charge in [0.2, 0.25) is 11.8 Å². The molecule has 2 atom stereocenters. The summed E-state index contributed by atoms with van der Waals surface area (Å²) in [6, 6.07) is 26.9. The number of carbonyl (C=O) groups is 2. The molecule has 6 nitrogen and oxygen atoms in total. The van der Waals surface area contributed by atoms with E-state index >= 15 is 0 Å². The van der Waals surface area contributed by atoms with Gasteiger partial charge in [0, 0.05) is 0 Å². The van der Waals surface area contributed by atoms with Gasteiger partial charge in [0.05, 0.1) is 23.3 Å². The summed E-state index contributed by atoms with van der Waals surface area (Å²) in [5.74, 6) is -0.689. The van der Waals surface area contributed by atoms with Gasteiger partial charge >= 0.3 is 0 Å². The molecule has 4 N–H and O–H groups in total. The van der Waals surface area contributed by atoms with Crippen LogP contribution in [0.15, 0.2) is 84.9 Å². The van der Waals surface area contributed by atoms with Crippen LogP contribution in [0.5, 0.6) is 0 Å². The molecule has 0 spiro atoms. The Hall–Kier alpha value is -3.74. The van der Waals surface area contributed by atoms with Crippen LogP contribution in [0.1, 0.15) is 147 Å². The molecular weight excluding hydrogens is 645 g/mol. The first-order chi connectivity index (χ1) is 25.2. The quantitative estimate of drug-likeness (QED) is 0.0688. The average Bonchev–Trinajstić information content (AvgIpc) is 3.15. The Morgan fingerprint density at radius 2 is 0.923 bits per heavy atom. The molecule has 4 aromatic carbocycles. The number of hydrogen-bond acceptors (Lipinski definition) is 4. The number of rotatable bonds is 20. The molecule has 1 aliphatic rings. The predicted molar refractivity (Wildman–Crippen MR) is 214 cm³/mol. The molecule has 1 fully saturated rings. The molecule has 0 aromatic heterocycles. The second kappa shape index (κ2) is 17.9. The maximum absolute atomic E-state index is 14.9. The summed E-state index contributed by atoms with van der Waals surface area (Å²) in [5.41, 5.74) is -1.95. The number of benzene rings is 4. The van der Waals surface area contributed by atoms with Gasteiger partial charge < -0.3 is 20.8 Å². The molecule has 0 bridgehead atoms. The zero-order chi connectivity index (χ0) is 37.2. The van der Waals surface area contributed by atoms with Gasteiger partial charge in [0.25, 0.3) is 0 Å². The van der Waals surface area contributed by atoms with E-state index in [4.69, 9.17) is 0 Å². The summed E-state index contributed by atoms with van der Waals surface area (Å²) in [4.78, 5) is 29.8. The average molecular weight is 707 g/mol. The number of hydrogen-bond donors (Lipinski definition) is 4. The van der Waals surface area contributed by atoms with E-state index < -0.39 is 28.7 Å². The Morgan fingerprint density at radius 1 is 0.577 bits per heavy atom. The fraction of sp³-hybridized carbons (Fsp3) is 0.522. The van der Waals surface area contributed by atoms with Gasteiger partial charge in [-0.3, -0.25) is 9.59 Å². The van der Waals surface area contributed by atoms with E-state index in [9.17, 15) is 19.8 Å². The van der Waals surface area contributed by atoms with E-state index in [1.807, 2.05) is 48.5 Å². The molecule has 0 unspecified atom stereocenters. The highest BCUT2D eigenvalue weighted by Gasteiger charge is 2.54. The molecule has 0 saturated heterocycles. The first-order valence-corrected chi connectivity index (χ1v) is 20.2. The number of nitrogens with one attached hydrogen (secondary N) is 2. The first kappa shape index (κ1) is 39.5. The molecule has 4 aromatic rings. The third kappa shape index (κ3) is 8.39. The number of fused-ring (bicyclic) bond motifs is 2. The summed E-state index contributed by atoms with van der Waals surface area (Å²) >= 11 is 0. The van der Waals surface area contributed by atoms with E-state index in [2.05, 4.69) is 74.7 Å². The van der Waals surface area contributed by atoms with E-state index in [1.54, 1.807) is 0 Å². The van der Waals surface area contributed by atoms with Crippen molar-refractivity contribution in [3.8, 4) is 0 Å². The lowest BCUT2D eigenvalue weighted by molar-refractivity contribution is -0.154. The lowest BCUT2D eigenvalue weighted by Gasteiger charge is -2.45. The molecular formula is C46H62N2O4. The Labute approximate surface area is 311 Å². The zero-order valence-corrected chi connectivity index (χ0v) is 32.1. The van der Waals surface area contributed by atoms with Crippen molar-refractivity contribution in [1.82, 2.24) is 10.6 Å². The second-order valence-electron chi connectivity index (χ2n) is 15.5. The zero-order valence-electron chi connectivity index (χ0n) is 32.1. The third-order valence-electron chi connectivity index (χ3n) is 11.8. The molecule has 1 aliphatic carbocycles. The molecule has 6 heteroatoms. The largest absolute Gasteiger partial charge is 0.387 e. The minimum atomic E-state index is -1.31. The highest BCUT2D eigenvalue weighted by Crippen LogP contribution is 2.46. The van der Waals surface area contributed by atoms with Crippen LogP contribution in [-0.4, -0.2) is 33.2 Å². The predicted octanol–water partition coefficient (Wildman–Crippen LogP) is 10.4. The molecule has 2 amide bonds. The van der Waals surface area contributed by atoms with Crippen molar-refractivity contribution in [2.24, 2.45) is 5.41 Å². The Bertz CT molecular complexity index is 1630. The van der Waals surface area contributed by atoms with Gasteiger partial charge in [-0.05, 0) is 71.2 Å². The topological polar surface area (TPSA) is 98.7 Å². The minimum absolute atomic E-state index is 0.345. The summed E-state index contributed by atoms with van der Waals surface area (Å²) in [6.45, 7) is 8.48. The van der Waals surface area contributed by atoms with E-state index in [1.165, 1.54) is 0 Å². The fourth-order valence-corrected chi connectivity index (χ4v) is 8.39. The van der Waals surface area contributed by atoms with Crippen molar-refractivity contribution in [2.75, 3.05) is 0 Å². The van der Waals surface area contributed by atoms with Gasteiger partial charge in [0.15, 0.2) is 0 Å². The van der Waals surface area contributed by atoms with Crippen LogP contribution >= 0.6 is 0 Å². The van der Waals surface area contributed by atoms with Gasteiger partial charge in [-0.15, -0.1) is 0 Å². The van der Waals surface area contributed by atoms with Crippen molar-refractivity contribution >= 4 is 33.4 Å². The SMILES string of the molecule is CCCCC(O)(CCCC)[C@@H](NC(=O)C1(C(=O)N[C@@H](c2cccc3ccccc23)C(O)(CCCC)CCCC)CCC1)c1cccc2ccccc12. The normalized spacial score (nSPS) is 15.6. The summed E-state index contributed by atoms with van der Waals surface area (Å²) in [5, 5.41) is 36.0. The Balaban J connectivity index is 1.56. The maximum atomic E-state index is 14.9. The van der Waals surface area contributed by atoms with Crippen LogP contribution in [0.4, 0.5) is 0 Å². The Morgan fingerprint density at radius 3 is 1.25 bits per heavy atom. The Kier molecular flexibility index (Phi) is 13.6. The van der Waals surface area contributed by atoms with Crippen LogP contribution in [0.25, 0.3) is 21.5 Å². The summed E-state index contributed by atoms with van der Waals surface area (Å²) in [6.07, 6.45) is 10.7. The van der Waals surface area contributed by atoms with Crippen molar-refractivity contribution in [2.45, 2.75) is 147 Å². The molecule has 1 saturated carbocycles. The van der Waals surface area contributed by atoms with Crippen LogP contribution in [-0.2, 0) is 9.59 Å². The van der Waals surface area contributed by atoms with Gasteiger partial charge in [-0.25, -0.2) is 0 Å². The molecule has 52 heavy (non-hydrogen) atoms. The van der Waals surface area contributed by atoms with Crippen LogP contribution < -0.4 is 10.6 Å². The number of unbranched alkanes of at least 4 members (excludes halogenated alkanes) is 4. The second-order valence-corrected chi connectivity index (χ2v) is 15.5. The van der Waals surface area contributed by atoms with Gasteiger partial charge in [0.1, 0.15) is 5.41 Å². The van der Waals surface area contributed by atoms with E-state index in [0.29, 0.717) is 38.5 Å². The third-order valence-corrected chi connectivity index (χ3v) is 11.8. The molecule has 280 valence electrons. The van der Waals surface area contributed by atoms with Gasteiger partial charge in [-0.2, -0.15) is 0 Å². The van der Waals surface area contributed by atoms with Crippen molar-refractivity contribution in [3.05, 3.63) is 96.1 Å². The monoisotopic (exact) mass is 706 g/mol.